The van der Waals surface area contributed by atoms with Crippen LogP contribution in [-0.2, 0) is 4.79 Å². The molecular weight excluding hydrogens is 302 g/mol. The first kappa shape index (κ1) is 15.7. The van der Waals surface area contributed by atoms with Crippen LogP contribution in [-0.4, -0.2) is 46.5 Å². The number of nitrogen functional groups attached to an aromatic ring is 1. The van der Waals surface area contributed by atoms with Crippen molar-refractivity contribution in [3.05, 3.63) is 12.4 Å². The molecule has 1 aromatic heterocycles. The van der Waals surface area contributed by atoms with Crippen molar-refractivity contribution < 1.29 is 4.79 Å². The number of aromatic nitrogens is 2. The summed E-state index contributed by atoms with van der Waals surface area (Å²) in [5.74, 6) is 1.73. The summed E-state index contributed by atoms with van der Waals surface area (Å²) in [7, 11) is 0. The fraction of sp³-hybridized carbons (Fsp3) is 0.722. The number of likely N-dealkylation sites (tertiary alicyclic amines) is 1. The average molecular weight is 329 g/mol. The van der Waals surface area contributed by atoms with E-state index in [-0.39, 0.29) is 5.41 Å². The van der Waals surface area contributed by atoms with Crippen molar-refractivity contribution in [3.63, 3.8) is 0 Å². The molecule has 2 N–H and O–H groups in total. The van der Waals surface area contributed by atoms with Crippen molar-refractivity contribution in [1.82, 2.24) is 14.9 Å². The average Bonchev–Trinajstić information content (AvgIpc) is 3.03. The molecule has 24 heavy (non-hydrogen) atoms. The lowest BCUT2D eigenvalue weighted by Gasteiger charge is -2.44. The van der Waals surface area contributed by atoms with Crippen LogP contribution in [0.25, 0.3) is 0 Å². The highest BCUT2D eigenvalue weighted by atomic mass is 16.2. The third kappa shape index (κ3) is 2.72. The van der Waals surface area contributed by atoms with Crippen molar-refractivity contribution in [2.45, 2.75) is 57.4 Å². The Morgan fingerprint density at radius 2 is 1.92 bits per heavy atom. The highest BCUT2D eigenvalue weighted by molar-refractivity contribution is 5.85. The summed E-state index contributed by atoms with van der Waals surface area (Å²) >= 11 is 0. The Morgan fingerprint density at radius 3 is 2.71 bits per heavy atom. The molecule has 1 atom stereocenters. The number of piperidine rings is 1. The molecule has 130 valence electrons. The van der Waals surface area contributed by atoms with Crippen LogP contribution in [0.1, 0.15) is 51.4 Å². The van der Waals surface area contributed by atoms with E-state index in [0.29, 0.717) is 17.8 Å². The quantitative estimate of drug-likeness (QED) is 0.900. The normalized spacial score (nSPS) is 28.8. The maximum Gasteiger partial charge on any atom is 0.230 e. The molecule has 2 aliphatic heterocycles. The maximum atomic E-state index is 13.3. The molecule has 3 fully saturated rings. The van der Waals surface area contributed by atoms with Crippen molar-refractivity contribution in [2.24, 2.45) is 5.41 Å². The van der Waals surface area contributed by atoms with Gasteiger partial charge < -0.3 is 15.5 Å². The highest BCUT2D eigenvalue weighted by Gasteiger charge is 2.49. The molecule has 0 unspecified atom stereocenters. The van der Waals surface area contributed by atoms with E-state index in [9.17, 15) is 4.79 Å². The fourth-order valence-corrected chi connectivity index (χ4v) is 4.82. The molecule has 1 aromatic rings. The summed E-state index contributed by atoms with van der Waals surface area (Å²) in [4.78, 5) is 26.1. The van der Waals surface area contributed by atoms with E-state index in [4.69, 9.17) is 5.73 Å². The van der Waals surface area contributed by atoms with E-state index >= 15 is 0 Å². The Hall–Kier alpha value is -1.85. The van der Waals surface area contributed by atoms with Crippen molar-refractivity contribution >= 4 is 17.5 Å². The molecule has 0 bridgehead atoms. The summed E-state index contributed by atoms with van der Waals surface area (Å²) in [6, 6.07) is 2.29. The van der Waals surface area contributed by atoms with E-state index < -0.39 is 0 Å². The number of carbonyl (C=O) groups is 1. The monoisotopic (exact) mass is 329 g/mol. The number of rotatable bonds is 2. The first-order valence-corrected chi connectivity index (χ1v) is 9.32. The van der Waals surface area contributed by atoms with Gasteiger partial charge in [0.15, 0.2) is 0 Å². The lowest BCUT2D eigenvalue weighted by molar-refractivity contribution is -0.148. The minimum absolute atomic E-state index is 0.213. The number of amides is 1. The van der Waals surface area contributed by atoms with Crippen LogP contribution in [0.5, 0.6) is 0 Å². The summed E-state index contributed by atoms with van der Waals surface area (Å²) in [5, 5.41) is 0. The van der Waals surface area contributed by atoms with E-state index in [2.05, 4.69) is 19.8 Å². The Balaban J connectivity index is 1.51. The van der Waals surface area contributed by atoms with Crippen LogP contribution >= 0.6 is 0 Å². The maximum absolute atomic E-state index is 13.3. The molecule has 3 aliphatic rings. The van der Waals surface area contributed by atoms with E-state index in [1.165, 1.54) is 38.4 Å². The number of hydrogen-bond acceptors (Lipinski definition) is 5. The van der Waals surface area contributed by atoms with Crippen molar-refractivity contribution in [2.75, 3.05) is 30.3 Å². The molecule has 0 aromatic carbocycles. The molecule has 6 heteroatoms. The summed E-state index contributed by atoms with van der Waals surface area (Å²) in [5.41, 5.74) is 5.58. The Kier molecular flexibility index (Phi) is 4.06. The van der Waals surface area contributed by atoms with Gasteiger partial charge in [0.05, 0.1) is 5.41 Å². The second-order valence-electron chi connectivity index (χ2n) is 7.65. The van der Waals surface area contributed by atoms with Gasteiger partial charge in [-0.1, -0.05) is 19.3 Å². The molecule has 1 spiro atoms. The van der Waals surface area contributed by atoms with Crippen LogP contribution in [0.4, 0.5) is 11.6 Å². The van der Waals surface area contributed by atoms with Gasteiger partial charge >= 0.3 is 0 Å². The van der Waals surface area contributed by atoms with E-state index in [1.54, 1.807) is 0 Å². The van der Waals surface area contributed by atoms with Gasteiger partial charge in [-0.25, -0.2) is 9.97 Å². The van der Waals surface area contributed by atoms with Gasteiger partial charge in [0.25, 0.3) is 0 Å². The number of carbonyl (C=O) groups excluding carboxylic acids is 1. The molecule has 1 aliphatic carbocycles. The van der Waals surface area contributed by atoms with Crippen LogP contribution in [0.3, 0.4) is 0 Å². The third-order valence-corrected chi connectivity index (χ3v) is 6.14. The van der Waals surface area contributed by atoms with Gasteiger partial charge in [0.1, 0.15) is 18.0 Å². The minimum atomic E-state index is -0.213. The molecule has 1 amide bonds. The zero-order valence-corrected chi connectivity index (χ0v) is 14.3. The predicted molar refractivity (Wildman–Crippen MR) is 93.5 cm³/mol. The standard InChI is InChI=1S/C18H27N5O/c19-15-11-16(21-13-20-15)22-10-8-18(12-22)7-4-9-23(17(18)24)14-5-2-1-3-6-14/h11,13-14H,1-10,12H2,(H2,19,20,21)/t18-/m1/s1. The van der Waals surface area contributed by atoms with Crippen LogP contribution in [0.15, 0.2) is 12.4 Å². The van der Waals surface area contributed by atoms with Gasteiger partial charge in [-0.15, -0.1) is 0 Å². The van der Waals surface area contributed by atoms with Crippen LogP contribution in [0.2, 0.25) is 0 Å². The lowest BCUT2D eigenvalue weighted by atomic mass is 9.77. The SMILES string of the molecule is Nc1cc(N2CC[C@]3(CCCN(C4CCCCC4)C3=O)C2)ncn1. The van der Waals surface area contributed by atoms with Crippen molar-refractivity contribution in [3.8, 4) is 0 Å². The largest absolute Gasteiger partial charge is 0.384 e. The first-order chi connectivity index (χ1) is 11.7. The summed E-state index contributed by atoms with van der Waals surface area (Å²) in [6.07, 6.45) is 10.8. The second-order valence-corrected chi connectivity index (χ2v) is 7.65. The Bertz CT molecular complexity index is 615. The number of nitrogens with zero attached hydrogens (tertiary/aromatic N) is 4. The third-order valence-electron chi connectivity index (χ3n) is 6.14. The zero-order valence-electron chi connectivity index (χ0n) is 14.3. The minimum Gasteiger partial charge on any atom is -0.384 e. The van der Waals surface area contributed by atoms with Gasteiger partial charge in [0, 0.05) is 31.7 Å². The topological polar surface area (TPSA) is 75.3 Å². The molecule has 3 heterocycles. The molecule has 0 radical (unpaired) electrons. The highest BCUT2D eigenvalue weighted by Crippen LogP contribution is 2.42. The fourth-order valence-electron chi connectivity index (χ4n) is 4.82. The van der Waals surface area contributed by atoms with Crippen LogP contribution in [0, 0.1) is 5.41 Å². The van der Waals surface area contributed by atoms with Crippen LogP contribution < -0.4 is 10.6 Å². The van der Waals surface area contributed by atoms with Gasteiger partial charge in [0.2, 0.25) is 5.91 Å². The number of nitrogens with two attached hydrogens (primary N) is 1. The molecule has 1 saturated carbocycles. The predicted octanol–water partition coefficient (Wildman–Crippen LogP) is 2.21. The zero-order chi connectivity index (χ0) is 16.6. The van der Waals surface area contributed by atoms with Gasteiger partial charge in [-0.2, -0.15) is 0 Å². The Labute approximate surface area is 143 Å². The molecule has 6 nitrogen and oxygen atoms in total. The van der Waals surface area contributed by atoms with E-state index in [0.717, 1.165) is 44.7 Å². The lowest BCUT2D eigenvalue weighted by Crippen LogP contribution is -2.54. The number of hydrogen-bond donors (Lipinski definition) is 1. The van der Waals surface area contributed by atoms with Crippen molar-refractivity contribution in [1.29, 1.82) is 0 Å². The molecular formula is C18H27N5O. The summed E-state index contributed by atoms with van der Waals surface area (Å²) in [6.45, 7) is 2.60. The second kappa shape index (κ2) is 6.22. The Morgan fingerprint density at radius 1 is 1.08 bits per heavy atom. The van der Waals surface area contributed by atoms with Gasteiger partial charge in [-0.3, -0.25) is 4.79 Å². The smallest absolute Gasteiger partial charge is 0.230 e. The molecule has 4 rings (SSSR count). The first-order valence-electron chi connectivity index (χ1n) is 9.32. The molecule has 2 saturated heterocycles. The number of anilines is 2. The summed E-state index contributed by atoms with van der Waals surface area (Å²) < 4.78 is 0. The van der Waals surface area contributed by atoms with E-state index in [1.807, 2.05) is 6.07 Å². The van der Waals surface area contributed by atoms with Gasteiger partial charge in [-0.05, 0) is 32.1 Å².